The Hall–Kier alpha value is -1.35. The first-order chi connectivity index (χ1) is 8.79. The second kappa shape index (κ2) is 4.73. The zero-order valence-electron chi connectivity index (χ0n) is 10.8. The molecule has 2 aliphatic heterocycles. The summed E-state index contributed by atoms with van der Waals surface area (Å²) in [6, 6.07) is 11.4. The number of carbonyl (C=O) groups is 1. The highest BCUT2D eigenvalue weighted by molar-refractivity contribution is 5.83. The van der Waals surface area contributed by atoms with Crippen LogP contribution in [0.1, 0.15) is 31.7 Å². The Kier molecular flexibility index (Phi) is 3.08. The van der Waals surface area contributed by atoms with Crippen LogP contribution in [0.25, 0.3) is 0 Å². The predicted molar refractivity (Wildman–Crippen MR) is 71.0 cm³/mol. The molecule has 2 aliphatic rings. The van der Waals surface area contributed by atoms with Crippen LogP contribution in [-0.2, 0) is 11.3 Å². The first-order valence-corrected chi connectivity index (χ1v) is 6.89. The van der Waals surface area contributed by atoms with Crippen molar-refractivity contribution in [3.63, 3.8) is 0 Å². The van der Waals surface area contributed by atoms with Gasteiger partial charge in [-0.25, -0.2) is 0 Å². The van der Waals surface area contributed by atoms with Crippen LogP contribution in [0.4, 0.5) is 0 Å². The number of carbonyl (C=O) groups excluding carboxylic acids is 1. The molecule has 18 heavy (non-hydrogen) atoms. The zero-order chi connectivity index (χ0) is 12.5. The van der Waals surface area contributed by atoms with Gasteiger partial charge in [0.2, 0.25) is 5.91 Å². The minimum atomic E-state index is 0.0954. The summed E-state index contributed by atoms with van der Waals surface area (Å²) in [5.41, 5.74) is 1.30. The monoisotopic (exact) mass is 244 g/mol. The molecule has 0 spiro atoms. The van der Waals surface area contributed by atoms with Gasteiger partial charge in [0.15, 0.2) is 0 Å². The number of hydrogen-bond acceptors (Lipinski definition) is 2. The minimum absolute atomic E-state index is 0.0954. The Balaban J connectivity index is 1.81. The number of hydrogen-bond donors (Lipinski definition) is 1. The summed E-state index contributed by atoms with van der Waals surface area (Å²) >= 11 is 0. The molecule has 2 bridgehead atoms. The van der Waals surface area contributed by atoms with Gasteiger partial charge in [0.1, 0.15) is 0 Å². The summed E-state index contributed by atoms with van der Waals surface area (Å²) < 4.78 is 0. The van der Waals surface area contributed by atoms with E-state index >= 15 is 0 Å². The number of piperazine rings is 1. The van der Waals surface area contributed by atoms with Crippen molar-refractivity contribution in [2.24, 2.45) is 0 Å². The van der Waals surface area contributed by atoms with Crippen LogP contribution in [0.5, 0.6) is 0 Å². The van der Waals surface area contributed by atoms with Gasteiger partial charge in [-0.2, -0.15) is 0 Å². The van der Waals surface area contributed by atoms with Gasteiger partial charge in [-0.1, -0.05) is 37.3 Å². The van der Waals surface area contributed by atoms with Gasteiger partial charge in [0, 0.05) is 18.6 Å². The van der Waals surface area contributed by atoms with E-state index in [0.717, 1.165) is 25.8 Å². The maximum Gasteiger partial charge on any atom is 0.237 e. The van der Waals surface area contributed by atoms with Gasteiger partial charge in [-0.05, 0) is 24.8 Å². The van der Waals surface area contributed by atoms with Crippen molar-refractivity contribution in [3.05, 3.63) is 35.9 Å². The third-order valence-electron chi connectivity index (χ3n) is 4.30. The number of rotatable bonds is 3. The Bertz CT molecular complexity index is 431. The van der Waals surface area contributed by atoms with Crippen molar-refractivity contribution >= 4 is 5.91 Å². The lowest BCUT2D eigenvalue weighted by atomic mass is 10.0. The summed E-state index contributed by atoms with van der Waals surface area (Å²) in [4.78, 5) is 14.5. The summed E-state index contributed by atoms with van der Waals surface area (Å²) in [5.74, 6) is 0.228. The molecule has 2 saturated heterocycles. The van der Waals surface area contributed by atoms with Crippen molar-refractivity contribution in [1.82, 2.24) is 10.2 Å². The maximum absolute atomic E-state index is 12.1. The third kappa shape index (κ3) is 1.93. The molecule has 1 amide bonds. The van der Waals surface area contributed by atoms with Crippen molar-refractivity contribution in [3.8, 4) is 0 Å². The topological polar surface area (TPSA) is 32.3 Å². The van der Waals surface area contributed by atoms with Crippen LogP contribution in [-0.4, -0.2) is 28.9 Å². The molecule has 1 aromatic rings. The molecule has 3 heteroatoms. The number of benzene rings is 1. The van der Waals surface area contributed by atoms with Gasteiger partial charge >= 0.3 is 0 Å². The largest absolute Gasteiger partial charge is 0.350 e. The molecule has 0 unspecified atom stereocenters. The van der Waals surface area contributed by atoms with Gasteiger partial charge in [-0.15, -0.1) is 0 Å². The average Bonchev–Trinajstić information content (AvgIpc) is 2.72. The lowest BCUT2D eigenvalue weighted by molar-refractivity contribution is -0.130. The van der Waals surface area contributed by atoms with E-state index in [1.807, 2.05) is 6.07 Å². The van der Waals surface area contributed by atoms with Crippen LogP contribution < -0.4 is 5.32 Å². The molecule has 3 atom stereocenters. The minimum Gasteiger partial charge on any atom is -0.350 e. The molecule has 0 saturated carbocycles. The Labute approximate surface area is 108 Å². The lowest BCUT2D eigenvalue weighted by Crippen LogP contribution is -2.60. The highest BCUT2D eigenvalue weighted by Gasteiger charge is 2.45. The molecule has 3 nitrogen and oxygen atoms in total. The number of amides is 1. The van der Waals surface area contributed by atoms with Crippen molar-refractivity contribution in [2.45, 2.75) is 50.9 Å². The molecule has 0 radical (unpaired) electrons. The third-order valence-corrected chi connectivity index (χ3v) is 4.30. The van der Waals surface area contributed by atoms with Gasteiger partial charge in [0.25, 0.3) is 0 Å². The summed E-state index contributed by atoms with van der Waals surface area (Å²) in [6.45, 7) is 3.06. The normalized spacial score (nSPS) is 31.4. The van der Waals surface area contributed by atoms with E-state index in [1.165, 1.54) is 5.56 Å². The Morgan fingerprint density at radius 2 is 2.06 bits per heavy atom. The molecular weight excluding hydrogens is 224 g/mol. The first-order valence-electron chi connectivity index (χ1n) is 6.89. The van der Waals surface area contributed by atoms with Crippen molar-refractivity contribution < 1.29 is 4.79 Å². The number of nitrogens with zero attached hydrogens (tertiary/aromatic N) is 1. The zero-order valence-corrected chi connectivity index (χ0v) is 10.8. The molecule has 3 rings (SSSR count). The van der Waals surface area contributed by atoms with Crippen LogP contribution >= 0.6 is 0 Å². The van der Waals surface area contributed by atoms with Crippen molar-refractivity contribution in [2.75, 3.05) is 0 Å². The van der Waals surface area contributed by atoms with E-state index in [0.29, 0.717) is 12.1 Å². The fourth-order valence-corrected chi connectivity index (χ4v) is 3.38. The molecule has 1 N–H and O–H groups in total. The smallest absolute Gasteiger partial charge is 0.237 e. The first kappa shape index (κ1) is 11.7. The van der Waals surface area contributed by atoms with Gasteiger partial charge < -0.3 is 5.32 Å². The van der Waals surface area contributed by atoms with Crippen LogP contribution in [0.2, 0.25) is 0 Å². The van der Waals surface area contributed by atoms with E-state index in [9.17, 15) is 4.79 Å². The van der Waals surface area contributed by atoms with Gasteiger partial charge in [-0.3, -0.25) is 9.69 Å². The Morgan fingerprint density at radius 3 is 2.78 bits per heavy atom. The molecular formula is C15H20N2O. The molecule has 2 fully saturated rings. The number of fused-ring (bicyclic) bond motifs is 2. The average molecular weight is 244 g/mol. The molecule has 0 aliphatic carbocycles. The van der Waals surface area contributed by atoms with Crippen LogP contribution in [0.3, 0.4) is 0 Å². The van der Waals surface area contributed by atoms with E-state index in [4.69, 9.17) is 0 Å². The van der Waals surface area contributed by atoms with E-state index in [1.54, 1.807) is 0 Å². The number of nitrogens with one attached hydrogen (secondary N) is 1. The highest BCUT2D eigenvalue weighted by atomic mass is 16.2. The lowest BCUT2D eigenvalue weighted by Gasteiger charge is -2.39. The highest BCUT2D eigenvalue weighted by Crippen LogP contribution is 2.32. The van der Waals surface area contributed by atoms with Crippen molar-refractivity contribution in [1.29, 1.82) is 0 Å². The fourth-order valence-electron chi connectivity index (χ4n) is 3.38. The van der Waals surface area contributed by atoms with E-state index in [2.05, 4.69) is 41.4 Å². The summed E-state index contributed by atoms with van der Waals surface area (Å²) in [7, 11) is 0. The molecule has 2 heterocycles. The van der Waals surface area contributed by atoms with Crippen LogP contribution in [0, 0.1) is 0 Å². The SMILES string of the molecule is CC[C@@H]1NC(=O)[C@@H]2CC[C@H]1N2Cc1ccccc1. The van der Waals surface area contributed by atoms with Crippen LogP contribution in [0.15, 0.2) is 30.3 Å². The predicted octanol–water partition coefficient (Wildman–Crippen LogP) is 1.93. The summed E-state index contributed by atoms with van der Waals surface area (Å²) in [6.07, 6.45) is 3.18. The molecule has 1 aromatic carbocycles. The standard InChI is InChI=1S/C15H20N2O/c1-2-12-13-8-9-14(15(18)16-12)17(13)10-11-6-4-3-5-7-11/h3-7,12-14H,2,8-10H2,1H3,(H,16,18)/t12-,13+,14-/m0/s1. The van der Waals surface area contributed by atoms with Gasteiger partial charge in [0.05, 0.1) is 6.04 Å². The molecule has 96 valence electrons. The maximum atomic E-state index is 12.1. The summed E-state index contributed by atoms with van der Waals surface area (Å²) in [5, 5.41) is 3.16. The van der Waals surface area contributed by atoms with E-state index in [-0.39, 0.29) is 11.9 Å². The quantitative estimate of drug-likeness (QED) is 0.881. The van der Waals surface area contributed by atoms with E-state index < -0.39 is 0 Å². The fraction of sp³-hybridized carbons (Fsp3) is 0.533. The second-order valence-electron chi connectivity index (χ2n) is 5.34. The molecule has 0 aromatic heterocycles. The second-order valence-corrected chi connectivity index (χ2v) is 5.34. The Morgan fingerprint density at radius 1 is 1.28 bits per heavy atom.